The second-order valence-electron chi connectivity index (χ2n) is 3.68. The minimum atomic E-state index is -0.223. The SMILES string of the molecule is CCCNOC(=O)CCCCC(O)CC. The molecule has 0 aromatic rings. The molecule has 0 saturated heterocycles. The van der Waals surface area contributed by atoms with Gasteiger partial charge in [-0.05, 0) is 25.7 Å². The van der Waals surface area contributed by atoms with E-state index in [0.717, 1.165) is 32.1 Å². The maximum absolute atomic E-state index is 11.1. The van der Waals surface area contributed by atoms with Crippen LogP contribution in [0.1, 0.15) is 52.4 Å². The summed E-state index contributed by atoms with van der Waals surface area (Å²) in [6.07, 6.45) is 4.35. The van der Waals surface area contributed by atoms with Crippen molar-refractivity contribution in [2.24, 2.45) is 0 Å². The minimum absolute atomic E-state index is 0.213. The summed E-state index contributed by atoms with van der Waals surface area (Å²) in [5.74, 6) is -0.213. The van der Waals surface area contributed by atoms with E-state index in [-0.39, 0.29) is 12.1 Å². The number of rotatable bonds is 9. The number of aliphatic hydroxyl groups is 1. The summed E-state index contributed by atoms with van der Waals surface area (Å²) in [6.45, 7) is 4.65. The summed E-state index contributed by atoms with van der Waals surface area (Å²) in [4.78, 5) is 15.8. The summed E-state index contributed by atoms with van der Waals surface area (Å²) in [6, 6.07) is 0. The third kappa shape index (κ3) is 9.69. The molecule has 1 unspecified atom stereocenters. The number of unbranched alkanes of at least 4 members (excludes halogenated alkanes) is 1. The second-order valence-corrected chi connectivity index (χ2v) is 3.68. The summed E-state index contributed by atoms with van der Waals surface area (Å²) in [5, 5.41) is 9.27. The normalized spacial score (nSPS) is 12.5. The van der Waals surface area contributed by atoms with Crippen molar-refractivity contribution >= 4 is 5.97 Å². The first-order valence-corrected chi connectivity index (χ1v) is 5.81. The number of carbonyl (C=O) groups is 1. The van der Waals surface area contributed by atoms with Crippen molar-refractivity contribution in [3.05, 3.63) is 0 Å². The Hall–Kier alpha value is -0.610. The predicted molar refractivity (Wildman–Crippen MR) is 59.2 cm³/mol. The maximum atomic E-state index is 11.1. The zero-order chi connectivity index (χ0) is 11.5. The number of nitrogens with one attached hydrogen (secondary N) is 1. The molecule has 0 spiro atoms. The van der Waals surface area contributed by atoms with Gasteiger partial charge in [0.05, 0.1) is 6.10 Å². The van der Waals surface area contributed by atoms with Crippen molar-refractivity contribution < 1.29 is 14.7 Å². The Balaban J connectivity index is 3.23. The Morgan fingerprint density at radius 2 is 2.13 bits per heavy atom. The number of carbonyl (C=O) groups excluding carboxylic acids is 1. The molecule has 0 aliphatic rings. The van der Waals surface area contributed by atoms with E-state index in [4.69, 9.17) is 4.84 Å². The van der Waals surface area contributed by atoms with Crippen LogP contribution in [0, 0.1) is 0 Å². The van der Waals surface area contributed by atoms with E-state index in [1.807, 2.05) is 13.8 Å². The van der Waals surface area contributed by atoms with Crippen LogP contribution in [0.25, 0.3) is 0 Å². The van der Waals surface area contributed by atoms with Gasteiger partial charge in [-0.25, -0.2) is 0 Å². The second kappa shape index (κ2) is 9.93. The fourth-order valence-electron chi connectivity index (χ4n) is 1.14. The van der Waals surface area contributed by atoms with Crippen molar-refractivity contribution in [2.75, 3.05) is 6.54 Å². The quantitative estimate of drug-likeness (QED) is 0.456. The zero-order valence-electron chi connectivity index (χ0n) is 9.79. The topological polar surface area (TPSA) is 58.6 Å². The Morgan fingerprint density at radius 1 is 1.40 bits per heavy atom. The maximum Gasteiger partial charge on any atom is 0.324 e. The monoisotopic (exact) mass is 217 g/mol. The van der Waals surface area contributed by atoms with E-state index >= 15 is 0 Å². The van der Waals surface area contributed by atoms with Crippen LogP contribution in [0.3, 0.4) is 0 Å². The van der Waals surface area contributed by atoms with Crippen molar-refractivity contribution in [2.45, 2.75) is 58.5 Å². The van der Waals surface area contributed by atoms with Gasteiger partial charge in [-0.2, -0.15) is 5.48 Å². The van der Waals surface area contributed by atoms with Crippen molar-refractivity contribution in [1.82, 2.24) is 5.48 Å². The molecule has 0 aliphatic carbocycles. The molecule has 0 aliphatic heterocycles. The number of hydrogen-bond donors (Lipinski definition) is 2. The lowest BCUT2D eigenvalue weighted by atomic mass is 10.1. The standard InChI is InChI=1S/C11H23NO3/c1-3-9-12-15-11(14)8-6-5-7-10(13)4-2/h10,12-13H,3-9H2,1-2H3. The van der Waals surface area contributed by atoms with Crippen LogP contribution in [0.5, 0.6) is 0 Å². The summed E-state index contributed by atoms with van der Waals surface area (Å²) in [7, 11) is 0. The first kappa shape index (κ1) is 14.4. The summed E-state index contributed by atoms with van der Waals surface area (Å²) in [5.41, 5.74) is 2.60. The summed E-state index contributed by atoms with van der Waals surface area (Å²) < 4.78 is 0. The average Bonchev–Trinajstić information content (AvgIpc) is 2.24. The van der Waals surface area contributed by atoms with Gasteiger partial charge in [0.2, 0.25) is 0 Å². The molecule has 4 nitrogen and oxygen atoms in total. The molecule has 0 bridgehead atoms. The van der Waals surface area contributed by atoms with Gasteiger partial charge in [0.1, 0.15) is 0 Å². The average molecular weight is 217 g/mol. The van der Waals surface area contributed by atoms with Gasteiger partial charge < -0.3 is 9.94 Å². The molecule has 0 rings (SSSR count). The first-order valence-electron chi connectivity index (χ1n) is 5.81. The fraction of sp³-hybridized carbons (Fsp3) is 0.909. The Labute approximate surface area is 92.0 Å². The summed E-state index contributed by atoms with van der Waals surface area (Å²) >= 11 is 0. The van der Waals surface area contributed by atoms with E-state index in [1.54, 1.807) is 0 Å². The predicted octanol–water partition coefficient (Wildman–Crippen LogP) is 1.78. The van der Waals surface area contributed by atoms with Gasteiger partial charge in [-0.15, -0.1) is 0 Å². The van der Waals surface area contributed by atoms with Crippen LogP contribution in [-0.2, 0) is 9.63 Å². The van der Waals surface area contributed by atoms with E-state index in [2.05, 4.69) is 5.48 Å². The smallest absolute Gasteiger partial charge is 0.324 e. The van der Waals surface area contributed by atoms with Crippen LogP contribution in [-0.4, -0.2) is 23.7 Å². The number of aliphatic hydroxyl groups excluding tert-OH is 1. The Kier molecular flexibility index (Phi) is 9.52. The molecular weight excluding hydrogens is 194 g/mol. The molecule has 0 saturated carbocycles. The van der Waals surface area contributed by atoms with Gasteiger partial charge in [-0.1, -0.05) is 20.3 Å². The molecule has 0 aromatic heterocycles. The molecule has 0 heterocycles. The lowest BCUT2D eigenvalue weighted by Crippen LogP contribution is -2.20. The third-order valence-corrected chi connectivity index (χ3v) is 2.18. The van der Waals surface area contributed by atoms with Crippen molar-refractivity contribution in [3.8, 4) is 0 Å². The van der Waals surface area contributed by atoms with Crippen LogP contribution in [0.4, 0.5) is 0 Å². The third-order valence-electron chi connectivity index (χ3n) is 2.18. The molecule has 0 aromatic carbocycles. The van der Waals surface area contributed by atoms with E-state index in [0.29, 0.717) is 13.0 Å². The molecule has 0 amide bonds. The highest BCUT2D eigenvalue weighted by atomic mass is 16.7. The molecule has 0 fully saturated rings. The first-order chi connectivity index (χ1) is 7.20. The van der Waals surface area contributed by atoms with Crippen LogP contribution >= 0.6 is 0 Å². The molecule has 15 heavy (non-hydrogen) atoms. The molecule has 90 valence electrons. The van der Waals surface area contributed by atoms with Crippen molar-refractivity contribution in [3.63, 3.8) is 0 Å². The van der Waals surface area contributed by atoms with Crippen LogP contribution < -0.4 is 5.48 Å². The molecule has 4 heteroatoms. The van der Waals surface area contributed by atoms with E-state index in [1.165, 1.54) is 0 Å². The van der Waals surface area contributed by atoms with Gasteiger partial charge in [0.15, 0.2) is 0 Å². The Bertz CT molecular complexity index is 162. The largest absolute Gasteiger partial charge is 0.393 e. The van der Waals surface area contributed by atoms with E-state index in [9.17, 15) is 9.90 Å². The number of hydroxylamine groups is 1. The minimum Gasteiger partial charge on any atom is -0.393 e. The fourth-order valence-corrected chi connectivity index (χ4v) is 1.14. The molecule has 1 atom stereocenters. The van der Waals surface area contributed by atoms with Crippen molar-refractivity contribution in [1.29, 1.82) is 0 Å². The van der Waals surface area contributed by atoms with Gasteiger partial charge >= 0.3 is 5.97 Å². The van der Waals surface area contributed by atoms with Crippen LogP contribution in [0.2, 0.25) is 0 Å². The van der Waals surface area contributed by atoms with Gasteiger partial charge in [0.25, 0.3) is 0 Å². The number of hydrogen-bond acceptors (Lipinski definition) is 4. The van der Waals surface area contributed by atoms with Gasteiger partial charge in [0, 0.05) is 13.0 Å². The van der Waals surface area contributed by atoms with Gasteiger partial charge in [-0.3, -0.25) is 4.79 Å². The Morgan fingerprint density at radius 3 is 2.73 bits per heavy atom. The molecule has 2 N–H and O–H groups in total. The lowest BCUT2D eigenvalue weighted by Gasteiger charge is -2.07. The lowest BCUT2D eigenvalue weighted by molar-refractivity contribution is -0.151. The van der Waals surface area contributed by atoms with E-state index < -0.39 is 0 Å². The highest BCUT2D eigenvalue weighted by Crippen LogP contribution is 2.06. The highest BCUT2D eigenvalue weighted by Gasteiger charge is 2.04. The molecular formula is C11H23NO3. The van der Waals surface area contributed by atoms with Crippen LogP contribution in [0.15, 0.2) is 0 Å². The highest BCUT2D eigenvalue weighted by molar-refractivity contribution is 5.68. The zero-order valence-corrected chi connectivity index (χ0v) is 9.79. The molecule has 0 radical (unpaired) electrons.